The lowest BCUT2D eigenvalue weighted by Crippen LogP contribution is -2.21. The maximum atomic E-state index is 5.74. The van der Waals surface area contributed by atoms with Crippen LogP contribution in [-0.4, -0.2) is 18.2 Å². The Kier molecular flexibility index (Phi) is 3.97. The highest BCUT2D eigenvalue weighted by atomic mass is 32.1. The normalized spacial score (nSPS) is 15.4. The van der Waals surface area contributed by atoms with Crippen LogP contribution in [0.3, 0.4) is 0 Å². The summed E-state index contributed by atoms with van der Waals surface area (Å²) in [6.45, 7) is 0.624. The Morgan fingerprint density at radius 3 is 2.76 bits per heavy atom. The average Bonchev–Trinajstić information content (AvgIpc) is 2.26. The van der Waals surface area contributed by atoms with Crippen molar-refractivity contribution in [2.24, 2.45) is 5.73 Å². The van der Waals surface area contributed by atoms with Crippen molar-refractivity contribution < 1.29 is 9.47 Å². The second-order valence-electron chi connectivity index (χ2n) is 4.26. The molecule has 1 fully saturated rings. The van der Waals surface area contributed by atoms with E-state index >= 15 is 0 Å². The van der Waals surface area contributed by atoms with Crippen LogP contribution in [0.25, 0.3) is 0 Å². The van der Waals surface area contributed by atoms with Crippen LogP contribution in [0.5, 0.6) is 5.75 Å². The quantitative estimate of drug-likeness (QED) is 0.816. The molecule has 0 unspecified atom stereocenters. The summed E-state index contributed by atoms with van der Waals surface area (Å²) in [5, 5.41) is 0. The Hall–Kier alpha value is -1.13. The van der Waals surface area contributed by atoms with E-state index in [9.17, 15) is 0 Å². The number of ether oxygens (including phenoxy) is 2. The lowest BCUT2D eigenvalue weighted by molar-refractivity contribution is -0.00871. The molecule has 1 aromatic rings. The lowest BCUT2D eigenvalue weighted by atomic mass is 9.96. The van der Waals surface area contributed by atoms with Crippen LogP contribution < -0.4 is 10.5 Å². The molecule has 1 aromatic carbocycles. The highest BCUT2D eigenvalue weighted by Crippen LogP contribution is 2.25. The van der Waals surface area contributed by atoms with Crippen molar-refractivity contribution in [2.45, 2.75) is 32.0 Å². The molecule has 0 atom stereocenters. The smallest absolute Gasteiger partial charge is 0.129 e. The van der Waals surface area contributed by atoms with Crippen LogP contribution in [0, 0.1) is 0 Å². The van der Waals surface area contributed by atoms with Gasteiger partial charge in [-0.05, 0) is 37.0 Å². The summed E-state index contributed by atoms with van der Waals surface area (Å²) in [7, 11) is 1.62. The molecule has 1 saturated carbocycles. The van der Waals surface area contributed by atoms with Crippen molar-refractivity contribution in [3.63, 3.8) is 0 Å². The number of hydrogen-bond donors (Lipinski definition) is 1. The third-order valence-corrected chi connectivity index (χ3v) is 3.29. The SMILES string of the molecule is COc1cc(COC2CCC2)ccc1C(N)=S. The Labute approximate surface area is 107 Å². The molecular weight excluding hydrogens is 234 g/mol. The van der Waals surface area contributed by atoms with Crippen LogP contribution in [0.15, 0.2) is 18.2 Å². The van der Waals surface area contributed by atoms with Gasteiger partial charge in [-0.25, -0.2) is 0 Å². The molecule has 2 N–H and O–H groups in total. The van der Waals surface area contributed by atoms with Crippen LogP contribution in [0.2, 0.25) is 0 Å². The molecule has 0 heterocycles. The topological polar surface area (TPSA) is 44.5 Å². The van der Waals surface area contributed by atoms with Gasteiger partial charge in [0.15, 0.2) is 0 Å². The highest BCUT2D eigenvalue weighted by molar-refractivity contribution is 7.80. The molecule has 0 amide bonds. The van der Waals surface area contributed by atoms with Gasteiger partial charge in [0.25, 0.3) is 0 Å². The summed E-state index contributed by atoms with van der Waals surface area (Å²) in [6, 6.07) is 5.81. The third kappa shape index (κ3) is 2.96. The minimum Gasteiger partial charge on any atom is -0.496 e. The van der Waals surface area contributed by atoms with Gasteiger partial charge in [-0.1, -0.05) is 18.3 Å². The Bertz CT molecular complexity index is 416. The molecule has 2 rings (SSSR count). The summed E-state index contributed by atoms with van der Waals surface area (Å²) < 4.78 is 11.0. The summed E-state index contributed by atoms with van der Waals surface area (Å²) in [5.74, 6) is 0.715. The monoisotopic (exact) mass is 251 g/mol. The number of rotatable bonds is 5. The van der Waals surface area contributed by atoms with Gasteiger partial charge in [0.1, 0.15) is 10.7 Å². The van der Waals surface area contributed by atoms with Crippen molar-refractivity contribution in [2.75, 3.05) is 7.11 Å². The number of benzene rings is 1. The summed E-state index contributed by atoms with van der Waals surface area (Å²) in [4.78, 5) is 0.355. The fraction of sp³-hybridized carbons (Fsp3) is 0.462. The molecule has 1 aliphatic rings. The van der Waals surface area contributed by atoms with Gasteiger partial charge in [0, 0.05) is 0 Å². The van der Waals surface area contributed by atoms with E-state index < -0.39 is 0 Å². The number of methoxy groups -OCH3 is 1. The number of thiocarbonyl (C=S) groups is 1. The van der Waals surface area contributed by atoms with E-state index in [1.807, 2.05) is 18.2 Å². The molecule has 0 spiro atoms. The summed E-state index contributed by atoms with van der Waals surface area (Å²) >= 11 is 4.96. The van der Waals surface area contributed by atoms with E-state index in [4.69, 9.17) is 27.4 Å². The molecular formula is C13H17NO2S. The van der Waals surface area contributed by atoms with Crippen LogP contribution in [0.4, 0.5) is 0 Å². The molecule has 92 valence electrons. The lowest BCUT2D eigenvalue weighted by Gasteiger charge is -2.25. The molecule has 0 aromatic heterocycles. The fourth-order valence-electron chi connectivity index (χ4n) is 1.78. The molecule has 0 radical (unpaired) electrons. The summed E-state index contributed by atoms with van der Waals surface area (Å²) in [6.07, 6.45) is 4.09. The van der Waals surface area contributed by atoms with Crippen LogP contribution in [-0.2, 0) is 11.3 Å². The molecule has 0 saturated heterocycles. The Morgan fingerprint density at radius 1 is 1.47 bits per heavy atom. The predicted octanol–water partition coefficient (Wildman–Crippen LogP) is 2.40. The zero-order valence-corrected chi connectivity index (χ0v) is 10.8. The molecule has 0 bridgehead atoms. The minimum absolute atomic E-state index is 0.355. The molecule has 0 aliphatic heterocycles. The van der Waals surface area contributed by atoms with Gasteiger partial charge >= 0.3 is 0 Å². The van der Waals surface area contributed by atoms with Gasteiger partial charge in [-0.15, -0.1) is 0 Å². The van der Waals surface area contributed by atoms with Gasteiger partial charge in [-0.2, -0.15) is 0 Å². The van der Waals surface area contributed by atoms with Crippen LogP contribution >= 0.6 is 12.2 Å². The fourth-order valence-corrected chi connectivity index (χ4v) is 1.95. The van der Waals surface area contributed by atoms with E-state index in [-0.39, 0.29) is 0 Å². The Morgan fingerprint density at radius 2 is 2.24 bits per heavy atom. The van der Waals surface area contributed by atoms with Crippen molar-refractivity contribution >= 4 is 17.2 Å². The van der Waals surface area contributed by atoms with Gasteiger partial charge < -0.3 is 15.2 Å². The molecule has 4 heteroatoms. The van der Waals surface area contributed by atoms with Gasteiger partial charge in [0.05, 0.1) is 25.4 Å². The van der Waals surface area contributed by atoms with E-state index in [1.54, 1.807) is 7.11 Å². The maximum Gasteiger partial charge on any atom is 0.129 e. The first-order valence-corrected chi connectivity index (χ1v) is 6.20. The standard InChI is InChI=1S/C13H17NO2S/c1-15-12-7-9(5-6-11(12)13(14)17)8-16-10-3-2-4-10/h5-7,10H,2-4,8H2,1H3,(H2,14,17). The first-order chi connectivity index (χ1) is 8.20. The van der Waals surface area contributed by atoms with Crippen molar-refractivity contribution in [3.05, 3.63) is 29.3 Å². The van der Waals surface area contributed by atoms with Crippen molar-refractivity contribution in [3.8, 4) is 5.75 Å². The van der Waals surface area contributed by atoms with Crippen LogP contribution in [0.1, 0.15) is 30.4 Å². The van der Waals surface area contributed by atoms with E-state index in [0.717, 1.165) is 11.1 Å². The first-order valence-electron chi connectivity index (χ1n) is 5.79. The van der Waals surface area contributed by atoms with Gasteiger partial charge in [-0.3, -0.25) is 0 Å². The van der Waals surface area contributed by atoms with Gasteiger partial charge in [0.2, 0.25) is 0 Å². The van der Waals surface area contributed by atoms with E-state index in [2.05, 4.69) is 0 Å². The average molecular weight is 251 g/mol. The Balaban J connectivity index is 2.04. The second kappa shape index (κ2) is 5.47. The maximum absolute atomic E-state index is 5.74. The predicted molar refractivity (Wildman–Crippen MR) is 71.3 cm³/mol. The first kappa shape index (κ1) is 12.3. The zero-order chi connectivity index (χ0) is 12.3. The largest absolute Gasteiger partial charge is 0.496 e. The van der Waals surface area contributed by atoms with E-state index in [0.29, 0.717) is 23.4 Å². The summed E-state index contributed by atoms with van der Waals surface area (Å²) in [5.41, 5.74) is 7.48. The van der Waals surface area contributed by atoms with Crippen molar-refractivity contribution in [1.82, 2.24) is 0 Å². The third-order valence-electron chi connectivity index (χ3n) is 3.07. The number of nitrogens with two attached hydrogens (primary N) is 1. The number of hydrogen-bond acceptors (Lipinski definition) is 3. The van der Waals surface area contributed by atoms with Crippen molar-refractivity contribution in [1.29, 1.82) is 0 Å². The highest BCUT2D eigenvalue weighted by Gasteiger charge is 2.17. The van der Waals surface area contributed by atoms with E-state index in [1.165, 1.54) is 19.3 Å². The molecule has 1 aliphatic carbocycles. The molecule has 3 nitrogen and oxygen atoms in total. The minimum atomic E-state index is 0.355. The zero-order valence-electron chi connectivity index (χ0n) is 9.94. The molecule has 17 heavy (non-hydrogen) atoms. The second-order valence-corrected chi connectivity index (χ2v) is 4.70.